The van der Waals surface area contributed by atoms with Crippen molar-refractivity contribution in [3.05, 3.63) is 52.7 Å². The van der Waals surface area contributed by atoms with Crippen LogP contribution in [0.15, 0.2) is 40.5 Å². The van der Waals surface area contributed by atoms with E-state index in [0.717, 1.165) is 22.5 Å². The number of aryl methyl sites for hydroxylation is 1. The lowest BCUT2D eigenvalue weighted by Gasteiger charge is -2.15. The summed E-state index contributed by atoms with van der Waals surface area (Å²) in [5.74, 6) is -0.115. The third-order valence-corrected chi connectivity index (χ3v) is 5.67. The van der Waals surface area contributed by atoms with Crippen molar-refractivity contribution in [1.29, 1.82) is 5.26 Å². The summed E-state index contributed by atoms with van der Waals surface area (Å²) in [6.07, 6.45) is 0. The molecule has 2 heterocycles. The van der Waals surface area contributed by atoms with E-state index < -0.39 is 5.25 Å². The summed E-state index contributed by atoms with van der Waals surface area (Å²) in [6.45, 7) is 7.62. The van der Waals surface area contributed by atoms with Gasteiger partial charge in [-0.05, 0) is 51.0 Å². The van der Waals surface area contributed by atoms with Gasteiger partial charge >= 0.3 is 0 Å². The first kappa shape index (κ1) is 17.2. The number of nitrogens with zero attached hydrogens (tertiary/aromatic N) is 4. The molecule has 1 aromatic heterocycles. The molecule has 0 radical (unpaired) electrons. The molecule has 0 spiro atoms. The summed E-state index contributed by atoms with van der Waals surface area (Å²) in [6, 6.07) is 11.6. The first-order valence-electron chi connectivity index (χ1n) is 7.92. The maximum atomic E-state index is 12.8. The number of anilines is 1. The fourth-order valence-electron chi connectivity index (χ4n) is 2.68. The molecule has 1 aromatic carbocycles. The highest BCUT2D eigenvalue weighted by atomic mass is 32.2. The molecule has 126 valence electrons. The number of thioether (sulfide) groups is 1. The second kappa shape index (κ2) is 6.69. The number of rotatable bonds is 3. The Labute approximate surface area is 151 Å². The molecular weight excluding hydrogens is 332 g/mol. The van der Waals surface area contributed by atoms with Gasteiger partial charge in [0.05, 0.1) is 17.0 Å². The van der Waals surface area contributed by atoms with Crippen molar-refractivity contribution in [3.8, 4) is 6.07 Å². The third kappa shape index (κ3) is 3.03. The van der Waals surface area contributed by atoms with Crippen LogP contribution in [0, 0.1) is 32.1 Å². The van der Waals surface area contributed by atoms with Crippen molar-refractivity contribution in [3.63, 3.8) is 0 Å². The van der Waals surface area contributed by atoms with Gasteiger partial charge in [-0.25, -0.2) is 4.98 Å². The van der Waals surface area contributed by atoms with E-state index >= 15 is 0 Å². The van der Waals surface area contributed by atoms with Crippen molar-refractivity contribution in [2.45, 2.75) is 38.0 Å². The lowest BCUT2D eigenvalue weighted by Crippen LogP contribution is -2.29. The highest BCUT2D eigenvalue weighted by Crippen LogP contribution is 2.34. The van der Waals surface area contributed by atoms with E-state index in [1.807, 2.05) is 58.0 Å². The average Bonchev–Trinajstić information content (AvgIpc) is 2.89. The minimum atomic E-state index is -0.471. The van der Waals surface area contributed by atoms with Crippen LogP contribution >= 0.6 is 11.8 Å². The van der Waals surface area contributed by atoms with Crippen LogP contribution in [0.4, 0.5) is 5.69 Å². The Morgan fingerprint density at radius 3 is 2.44 bits per heavy atom. The summed E-state index contributed by atoms with van der Waals surface area (Å²) >= 11 is 1.30. The summed E-state index contributed by atoms with van der Waals surface area (Å²) in [4.78, 5) is 17.4. The Hall–Kier alpha value is -2.65. The van der Waals surface area contributed by atoms with E-state index in [4.69, 9.17) is 0 Å². The number of aromatic nitrogens is 1. The molecule has 3 rings (SSSR count). The zero-order valence-corrected chi connectivity index (χ0v) is 15.4. The second-order valence-electron chi connectivity index (χ2n) is 5.96. The standard InChI is InChI=1S/C19H18N4OS/c1-11-12(2)16(10-20)18(21-13(11)3)25-17-14(4)22-23(19(17)24)15-8-6-5-7-9-15/h5-9,17H,1-4H3. The fraction of sp³-hybridized carbons (Fsp3) is 0.263. The number of amides is 1. The lowest BCUT2D eigenvalue weighted by molar-refractivity contribution is -0.116. The molecule has 6 heteroatoms. The third-order valence-electron chi connectivity index (χ3n) is 4.38. The molecule has 1 unspecified atom stereocenters. The first-order valence-corrected chi connectivity index (χ1v) is 8.80. The molecular formula is C19H18N4OS. The highest BCUT2D eigenvalue weighted by Gasteiger charge is 2.36. The maximum absolute atomic E-state index is 12.8. The monoisotopic (exact) mass is 350 g/mol. The first-order chi connectivity index (χ1) is 11.9. The highest BCUT2D eigenvalue weighted by molar-refractivity contribution is 8.01. The molecule has 1 aliphatic heterocycles. The molecule has 5 nitrogen and oxygen atoms in total. The second-order valence-corrected chi connectivity index (χ2v) is 7.06. The van der Waals surface area contributed by atoms with Gasteiger partial charge in [0, 0.05) is 5.69 Å². The van der Waals surface area contributed by atoms with E-state index in [1.165, 1.54) is 16.8 Å². The number of hydrogen-bond acceptors (Lipinski definition) is 5. The van der Waals surface area contributed by atoms with Gasteiger partial charge < -0.3 is 0 Å². The zero-order chi connectivity index (χ0) is 18.1. The van der Waals surface area contributed by atoms with E-state index in [9.17, 15) is 10.1 Å². The summed E-state index contributed by atoms with van der Waals surface area (Å²) in [5, 5.41) is 15.5. The molecule has 0 saturated heterocycles. The SMILES string of the molecule is CC1=NN(c2ccccc2)C(=O)C1Sc1nc(C)c(C)c(C)c1C#N. The van der Waals surface area contributed by atoms with Gasteiger partial charge in [-0.2, -0.15) is 15.4 Å². The zero-order valence-electron chi connectivity index (χ0n) is 14.6. The van der Waals surface area contributed by atoms with Crippen LogP contribution in [-0.2, 0) is 4.79 Å². The number of carbonyl (C=O) groups excluding carboxylic acids is 1. The molecule has 0 aliphatic carbocycles. The van der Waals surface area contributed by atoms with Crippen molar-refractivity contribution in [1.82, 2.24) is 4.98 Å². The van der Waals surface area contributed by atoms with Gasteiger partial charge in [0.25, 0.3) is 5.91 Å². The van der Waals surface area contributed by atoms with E-state index in [1.54, 1.807) is 0 Å². The minimum Gasteiger partial charge on any atom is -0.271 e. The van der Waals surface area contributed by atoms with E-state index in [2.05, 4.69) is 16.2 Å². The summed E-state index contributed by atoms with van der Waals surface area (Å²) < 4.78 is 0. The summed E-state index contributed by atoms with van der Waals surface area (Å²) in [5.41, 5.74) is 4.78. The van der Waals surface area contributed by atoms with Crippen molar-refractivity contribution in [2.24, 2.45) is 5.10 Å². The van der Waals surface area contributed by atoms with Crippen LogP contribution < -0.4 is 5.01 Å². The predicted molar refractivity (Wildman–Crippen MR) is 99.8 cm³/mol. The number of carbonyl (C=O) groups is 1. The molecule has 25 heavy (non-hydrogen) atoms. The Kier molecular flexibility index (Phi) is 4.60. The van der Waals surface area contributed by atoms with E-state index in [0.29, 0.717) is 16.3 Å². The van der Waals surface area contributed by atoms with Gasteiger partial charge in [-0.3, -0.25) is 4.79 Å². The number of hydrogen-bond donors (Lipinski definition) is 0. The summed E-state index contributed by atoms with van der Waals surface area (Å²) in [7, 11) is 0. The Balaban J connectivity index is 1.94. The number of hydrazone groups is 1. The largest absolute Gasteiger partial charge is 0.271 e. The van der Waals surface area contributed by atoms with Crippen LogP contribution in [0.2, 0.25) is 0 Å². The maximum Gasteiger partial charge on any atom is 0.266 e. The number of pyridine rings is 1. The van der Waals surface area contributed by atoms with Crippen molar-refractivity contribution in [2.75, 3.05) is 5.01 Å². The normalized spacial score (nSPS) is 16.8. The Bertz CT molecular complexity index is 915. The van der Waals surface area contributed by atoms with Gasteiger partial charge in [0.1, 0.15) is 16.3 Å². The number of benzene rings is 1. The Morgan fingerprint density at radius 2 is 1.80 bits per heavy atom. The lowest BCUT2D eigenvalue weighted by atomic mass is 10.1. The molecule has 1 atom stereocenters. The van der Waals surface area contributed by atoms with Gasteiger partial charge in [0.2, 0.25) is 0 Å². The quantitative estimate of drug-likeness (QED) is 0.845. The number of nitriles is 1. The molecule has 1 amide bonds. The smallest absolute Gasteiger partial charge is 0.266 e. The predicted octanol–water partition coefficient (Wildman–Crippen LogP) is 3.76. The van der Waals surface area contributed by atoms with Gasteiger partial charge in [-0.1, -0.05) is 30.0 Å². The topological polar surface area (TPSA) is 69.3 Å². The minimum absolute atomic E-state index is 0.115. The Morgan fingerprint density at radius 1 is 1.12 bits per heavy atom. The fourth-order valence-corrected chi connectivity index (χ4v) is 3.83. The van der Waals surface area contributed by atoms with Crippen LogP contribution in [0.1, 0.15) is 29.3 Å². The van der Waals surface area contributed by atoms with Gasteiger partial charge in [-0.15, -0.1) is 0 Å². The van der Waals surface area contributed by atoms with Crippen molar-refractivity contribution >= 4 is 29.1 Å². The van der Waals surface area contributed by atoms with Crippen LogP contribution in [0.3, 0.4) is 0 Å². The molecule has 2 aromatic rings. The molecule has 0 saturated carbocycles. The molecule has 0 N–H and O–H groups in total. The average molecular weight is 350 g/mol. The van der Waals surface area contributed by atoms with E-state index in [-0.39, 0.29) is 5.91 Å². The molecule has 0 fully saturated rings. The van der Waals surface area contributed by atoms with Gasteiger partial charge in [0.15, 0.2) is 0 Å². The van der Waals surface area contributed by atoms with Crippen LogP contribution in [0.25, 0.3) is 0 Å². The molecule has 1 aliphatic rings. The molecule has 0 bridgehead atoms. The van der Waals surface area contributed by atoms with Crippen LogP contribution in [-0.4, -0.2) is 21.9 Å². The van der Waals surface area contributed by atoms with Crippen LogP contribution in [0.5, 0.6) is 0 Å². The van der Waals surface area contributed by atoms with Crippen molar-refractivity contribution < 1.29 is 4.79 Å². The number of para-hydroxylation sites is 1.